The zero-order valence-corrected chi connectivity index (χ0v) is 10.7. The molecule has 0 amide bonds. The van der Waals surface area contributed by atoms with Gasteiger partial charge in [0.2, 0.25) is 0 Å². The lowest BCUT2D eigenvalue weighted by Crippen LogP contribution is -1.97. The lowest BCUT2D eigenvalue weighted by molar-refractivity contribution is 0.603. The zero-order chi connectivity index (χ0) is 12.7. The molecule has 3 rings (SSSR count). The molecule has 92 valence electrons. The first kappa shape index (κ1) is 11.6. The Labute approximate surface area is 110 Å². The average molecular weight is 263 g/mol. The van der Waals surface area contributed by atoms with Crippen LogP contribution in [0.5, 0.6) is 0 Å². The summed E-state index contributed by atoms with van der Waals surface area (Å²) >= 11 is 5.73. The van der Waals surface area contributed by atoms with E-state index in [-0.39, 0.29) is 10.8 Å². The van der Waals surface area contributed by atoms with Crippen molar-refractivity contribution in [1.29, 1.82) is 0 Å². The molecule has 1 aliphatic rings. The second kappa shape index (κ2) is 4.32. The van der Waals surface area contributed by atoms with Gasteiger partial charge >= 0.3 is 0 Å². The predicted octanol–water partition coefficient (Wildman–Crippen LogP) is 4.12. The van der Waals surface area contributed by atoms with Crippen LogP contribution in [0.1, 0.15) is 30.0 Å². The van der Waals surface area contributed by atoms with Crippen LogP contribution in [0.3, 0.4) is 0 Å². The van der Waals surface area contributed by atoms with Crippen molar-refractivity contribution in [3.8, 4) is 11.4 Å². The molecule has 1 fully saturated rings. The van der Waals surface area contributed by atoms with Gasteiger partial charge in [0.25, 0.3) is 0 Å². The van der Waals surface area contributed by atoms with Gasteiger partial charge in [-0.2, -0.15) is 0 Å². The highest BCUT2D eigenvalue weighted by Gasteiger charge is 2.23. The van der Waals surface area contributed by atoms with Gasteiger partial charge in [0, 0.05) is 5.56 Å². The van der Waals surface area contributed by atoms with Gasteiger partial charge in [-0.05, 0) is 31.2 Å². The van der Waals surface area contributed by atoms with Gasteiger partial charge in [0.05, 0.1) is 5.69 Å². The van der Waals surface area contributed by atoms with Crippen LogP contribution in [0.4, 0.5) is 4.39 Å². The van der Waals surface area contributed by atoms with Crippen molar-refractivity contribution in [2.75, 3.05) is 0 Å². The van der Waals surface area contributed by atoms with E-state index in [0.29, 0.717) is 5.82 Å². The molecule has 0 atom stereocenters. The lowest BCUT2D eigenvalue weighted by atomic mass is 10.1. The van der Waals surface area contributed by atoms with E-state index in [4.69, 9.17) is 11.6 Å². The molecule has 1 aromatic heterocycles. The van der Waals surface area contributed by atoms with E-state index in [1.807, 2.05) is 12.1 Å². The molecule has 1 aromatic carbocycles. The first-order valence-corrected chi connectivity index (χ1v) is 6.33. The van der Waals surface area contributed by atoms with Gasteiger partial charge in [-0.1, -0.05) is 35.9 Å². The maximum absolute atomic E-state index is 13.3. The normalized spacial score (nSPS) is 14.8. The summed E-state index contributed by atoms with van der Waals surface area (Å²) in [7, 11) is 0. The number of halogens is 2. The van der Waals surface area contributed by atoms with Crippen molar-refractivity contribution < 1.29 is 4.39 Å². The molecule has 0 aliphatic heterocycles. The van der Waals surface area contributed by atoms with Crippen LogP contribution in [-0.2, 0) is 0 Å². The van der Waals surface area contributed by atoms with Crippen LogP contribution < -0.4 is 0 Å². The highest BCUT2D eigenvalue weighted by atomic mass is 35.5. The van der Waals surface area contributed by atoms with E-state index in [0.717, 1.165) is 11.5 Å². The molecule has 0 radical (unpaired) electrons. The highest BCUT2D eigenvalue weighted by molar-refractivity contribution is 6.29. The minimum absolute atomic E-state index is 0.122. The summed E-state index contributed by atoms with van der Waals surface area (Å²) in [5, 5.41) is -0.122. The van der Waals surface area contributed by atoms with Crippen LogP contribution in [-0.4, -0.2) is 9.97 Å². The van der Waals surface area contributed by atoms with Crippen molar-refractivity contribution in [2.45, 2.75) is 25.7 Å². The Hall–Kier alpha value is -1.48. The third kappa shape index (κ3) is 2.10. The number of aryl methyl sites for hydroxylation is 1. The summed E-state index contributed by atoms with van der Waals surface area (Å²) in [6, 6.07) is 8.11. The highest BCUT2D eigenvalue weighted by Crippen LogP contribution is 2.40. The monoisotopic (exact) mass is 262 g/mol. The number of benzene rings is 1. The van der Waals surface area contributed by atoms with Crippen LogP contribution >= 0.6 is 11.6 Å². The van der Waals surface area contributed by atoms with Gasteiger partial charge in [0.15, 0.2) is 16.8 Å². The number of aromatic nitrogens is 2. The third-order valence-corrected chi connectivity index (χ3v) is 3.44. The summed E-state index contributed by atoms with van der Waals surface area (Å²) in [5.74, 6) is 0.648. The van der Waals surface area contributed by atoms with E-state index in [1.54, 1.807) is 6.92 Å². The molecule has 2 nitrogen and oxygen atoms in total. The minimum atomic E-state index is -0.546. The standard InChI is InChI=1S/C14H12ClFN2/c1-8-12(16)13(15)18-14(17-8)11-6-4-10(5-7-11)9-2-3-9/h4-7,9H,2-3H2,1H3. The number of nitrogens with zero attached hydrogens (tertiary/aromatic N) is 2. The van der Waals surface area contributed by atoms with E-state index in [9.17, 15) is 4.39 Å². The first-order valence-electron chi connectivity index (χ1n) is 5.95. The second-order valence-electron chi connectivity index (χ2n) is 4.63. The second-order valence-corrected chi connectivity index (χ2v) is 4.99. The Balaban J connectivity index is 1.98. The molecular formula is C14H12ClFN2. The molecule has 0 bridgehead atoms. The van der Waals surface area contributed by atoms with E-state index >= 15 is 0 Å². The van der Waals surface area contributed by atoms with Crippen molar-refractivity contribution in [3.05, 3.63) is 46.5 Å². The van der Waals surface area contributed by atoms with Crippen molar-refractivity contribution >= 4 is 11.6 Å². The fourth-order valence-corrected chi connectivity index (χ4v) is 2.19. The average Bonchev–Trinajstić information content (AvgIpc) is 3.20. The zero-order valence-electron chi connectivity index (χ0n) is 9.95. The first-order chi connectivity index (χ1) is 8.65. The summed E-state index contributed by atoms with van der Waals surface area (Å²) < 4.78 is 13.3. The maximum Gasteiger partial charge on any atom is 0.181 e. The summed E-state index contributed by atoms with van der Waals surface area (Å²) in [6.45, 7) is 1.59. The van der Waals surface area contributed by atoms with Gasteiger partial charge in [-0.25, -0.2) is 14.4 Å². The molecule has 1 aliphatic carbocycles. The molecule has 0 unspecified atom stereocenters. The maximum atomic E-state index is 13.3. The van der Waals surface area contributed by atoms with Crippen LogP contribution in [0, 0.1) is 12.7 Å². The Morgan fingerprint density at radius 1 is 1.17 bits per heavy atom. The lowest BCUT2D eigenvalue weighted by Gasteiger charge is -2.05. The van der Waals surface area contributed by atoms with E-state index < -0.39 is 5.82 Å². The van der Waals surface area contributed by atoms with Crippen LogP contribution in [0.25, 0.3) is 11.4 Å². The topological polar surface area (TPSA) is 25.8 Å². The Bertz CT molecular complexity index is 568. The summed E-state index contributed by atoms with van der Waals surface area (Å²) in [5.41, 5.74) is 2.49. The number of rotatable bonds is 2. The molecule has 0 N–H and O–H groups in total. The minimum Gasteiger partial charge on any atom is -0.230 e. The molecule has 4 heteroatoms. The van der Waals surface area contributed by atoms with Gasteiger partial charge in [0.1, 0.15) is 0 Å². The van der Waals surface area contributed by atoms with Gasteiger partial charge in [-0.15, -0.1) is 0 Å². The smallest absolute Gasteiger partial charge is 0.181 e. The van der Waals surface area contributed by atoms with E-state index in [1.165, 1.54) is 18.4 Å². The van der Waals surface area contributed by atoms with Gasteiger partial charge < -0.3 is 0 Å². The molecule has 1 heterocycles. The van der Waals surface area contributed by atoms with Crippen molar-refractivity contribution in [1.82, 2.24) is 9.97 Å². The van der Waals surface area contributed by atoms with E-state index in [2.05, 4.69) is 22.1 Å². The Morgan fingerprint density at radius 3 is 2.39 bits per heavy atom. The quantitative estimate of drug-likeness (QED) is 0.761. The van der Waals surface area contributed by atoms with Gasteiger partial charge in [-0.3, -0.25) is 0 Å². The number of hydrogen-bond donors (Lipinski definition) is 0. The molecule has 2 aromatic rings. The fourth-order valence-electron chi connectivity index (χ4n) is 1.97. The number of hydrogen-bond acceptors (Lipinski definition) is 2. The summed E-state index contributed by atoms with van der Waals surface area (Å²) in [4.78, 5) is 8.10. The fraction of sp³-hybridized carbons (Fsp3) is 0.286. The van der Waals surface area contributed by atoms with Crippen molar-refractivity contribution in [2.24, 2.45) is 0 Å². The van der Waals surface area contributed by atoms with Crippen LogP contribution in [0.15, 0.2) is 24.3 Å². The molecular weight excluding hydrogens is 251 g/mol. The van der Waals surface area contributed by atoms with Crippen LogP contribution in [0.2, 0.25) is 5.15 Å². The molecule has 1 saturated carbocycles. The molecule has 0 spiro atoms. The SMILES string of the molecule is Cc1nc(-c2ccc(C3CC3)cc2)nc(Cl)c1F. The Morgan fingerprint density at radius 2 is 1.83 bits per heavy atom. The molecule has 18 heavy (non-hydrogen) atoms. The summed E-state index contributed by atoms with van der Waals surface area (Å²) in [6.07, 6.45) is 2.55. The van der Waals surface area contributed by atoms with Crippen molar-refractivity contribution in [3.63, 3.8) is 0 Å². The molecule has 0 saturated heterocycles. The third-order valence-electron chi connectivity index (χ3n) is 3.19. The predicted molar refractivity (Wildman–Crippen MR) is 69.1 cm³/mol. The Kier molecular flexibility index (Phi) is 2.78. The largest absolute Gasteiger partial charge is 0.230 e.